The Balaban J connectivity index is 1.97. The van der Waals surface area contributed by atoms with Crippen LogP contribution in [0.5, 0.6) is 0 Å². The van der Waals surface area contributed by atoms with Crippen molar-refractivity contribution in [3.8, 4) is 0 Å². The topological polar surface area (TPSA) is 12.0 Å². The fraction of sp³-hybridized carbons (Fsp3) is 0.500. The molecule has 0 amide bonds. The first-order chi connectivity index (χ1) is 6.45. The summed E-state index contributed by atoms with van der Waals surface area (Å²) in [6.45, 7) is 0. The number of hydrogen-bond acceptors (Lipinski definition) is 1. The highest BCUT2D eigenvalue weighted by atomic mass is 15.0. The molecule has 3 aliphatic rings. The second-order valence-electron chi connectivity index (χ2n) is 4.16. The van der Waals surface area contributed by atoms with E-state index in [4.69, 9.17) is 0 Å². The fourth-order valence-corrected chi connectivity index (χ4v) is 2.72. The number of allylic oxidation sites excluding steroid dienone is 3. The van der Waals surface area contributed by atoms with E-state index in [1.807, 2.05) is 0 Å². The Kier molecular flexibility index (Phi) is 1.58. The molecule has 1 aliphatic heterocycles. The maximum absolute atomic E-state index is 3.64. The first-order valence-corrected chi connectivity index (χ1v) is 5.28. The van der Waals surface area contributed by atoms with Gasteiger partial charge in [-0.25, -0.2) is 0 Å². The summed E-state index contributed by atoms with van der Waals surface area (Å²) >= 11 is 0. The summed E-state index contributed by atoms with van der Waals surface area (Å²) in [5, 5.41) is 3.64. The van der Waals surface area contributed by atoms with Gasteiger partial charge in [0.25, 0.3) is 0 Å². The van der Waals surface area contributed by atoms with Gasteiger partial charge in [-0.3, -0.25) is 0 Å². The largest absolute Gasteiger partial charge is 0.381 e. The third kappa shape index (κ3) is 1.06. The second kappa shape index (κ2) is 2.76. The highest BCUT2D eigenvalue weighted by Crippen LogP contribution is 2.37. The molecule has 0 bridgehead atoms. The summed E-state index contributed by atoms with van der Waals surface area (Å²) in [7, 11) is 0. The van der Waals surface area contributed by atoms with Gasteiger partial charge < -0.3 is 5.32 Å². The Hall–Kier alpha value is -0.980. The van der Waals surface area contributed by atoms with Gasteiger partial charge in [0.1, 0.15) is 0 Å². The molecule has 2 atom stereocenters. The van der Waals surface area contributed by atoms with Gasteiger partial charge in [-0.2, -0.15) is 0 Å². The molecule has 0 spiro atoms. The Morgan fingerprint density at radius 2 is 2.23 bits per heavy atom. The Labute approximate surface area is 79.2 Å². The average Bonchev–Trinajstić information content (AvgIpc) is 2.56. The van der Waals surface area contributed by atoms with E-state index in [0.717, 1.165) is 0 Å². The molecular formula is C12H15N. The minimum atomic E-state index is 0.706. The van der Waals surface area contributed by atoms with Crippen LogP contribution in [0.2, 0.25) is 0 Å². The van der Waals surface area contributed by atoms with Crippen molar-refractivity contribution >= 4 is 0 Å². The molecule has 0 saturated carbocycles. The van der Waals surface area contributed by atoms with Crippen LogP contribution in [-0.2, 0) is 0 Å². The van der Waals surface area contributed by atoms with E-state index in [-0.39, 0.29) is 0 Å². The molecule has 2 aliphatic carbocycles. The summed E-state index contributed by atoms with van der Waals surface area (Å²) in [4.78, 5) is 0. The molecule has 0 aromatic carbocycles. The molecular weight excluding hydrogens is 158 g/mol. The molecule has 13 heavy (non-hydrogen) atoms. The van der Waals surface area contributed by atoms with Crippen LogP contribution in [0.3, 0.4) is 0 Å². The van der Waals surface area contributed by atoms with Crippen molar-refractivity contribution in [2.24, 2.45) is 5.92 Å². The molecule has 1 N–H and O–H groups in total. The van der Waals surface area contributed by atoms with E-state index in [2.05, 4.69) is 29.6 Å². The minimum Gasteiger partial charge on any atom is -0.381 e. The summed E-state index contributed by atoms with van der Waals surface area (Å²) in [5.74, 6) is 0.716. The molecule has 0 radical (unpaired) electrons. The van der Waals surface area contributed by atoms with Crippen LogP contribution in [0.1, 0.15) is 25.7 Å². The number of rotatable bonds is 0. The van der Waals surface area contributed by atoms with Gasteiger partial charge in [0.2, 0.25) is 0 Å². The lowest BCUT2D eigenvalue weighted by molar-refractivity contribution is 0.478. The lowest BCUT2D eigenvalue weighted by Gasteiger charge is -2.22. The molecule has 0 fully saturated rings. The molecule has 2 unspecified atom stereocenters. The van der Waals surface area contributed by atoms with Crippen LogP contribution >= 0.6 is 0 Å². The first-order valence-electron chi connectivity index (χ1n) is 5.28. The van der Waals surface area contributed by atoms with E-state index in [9.17, 15) is 0 Å². The van der Waals surface area contributed by atoms with Crippen LogP contribution < -0.4 is 5.32 Å². The number of hydrogen-bond donors (Lipinski definition) is 1. The molecule has 1 nitrogen and oxygen atoms in total. The Bertz CT molecular complexity index is 309. The maximum Gasteiger partial charge on any atom is 0.0365 e. The number of nitrogens with one attached hydrogen (secondary N) is 1. The van der Waals surface area contributed by atoms with E-state index in [1.54, 1.807) is 5.57 Å². The molecule has 1 heteroatoms. The van der Waals surface area contributed by atoms with Crippen molar-refractivity contribution in [1.29, 1.82) is 0 Å². The standard InChI is InChI=1S/C12H15N/c1-3-7-11-9(5-1)10-6-2-4-8-12(10)13-11/h1,4-5,8-9,11,13H,2-3,6-7H2. The fourth-order valence-electron chi connectivity index (χ4n) is 2.72. The lowest BCUT2D eigenvalue weighted by Crippen LogP contribution is -2.29. The monoisotopic (exact) mass is 173 g/mol. The molecule has 0 aromatic heterocycles. The van der Waals surface area contributed by atoms with E-state index in [1.165, 1.54) is 31.4 Å². The van der Waals surface area contributed by atoms with Crippen molar-refractivity contribution < 1.29 is 0 Å². The highest BCUT2D eigenvalue weighted by molar-refractivity contribution is 5.38. The smallest absolute Gasteiger partial charge is 0.0365 e. The van der Waals surface area contributed by atoms with Gasteiger partial charge in [-0.15, -0.1) is 0 Å². The zero-order valence-electron chi connectivity index (χ0n) is 7.79. The van der Waals surface area contributed by atoms with Gasteiger partial charge in [0.05, 0.1) is 0 Å². The second-order valence-corrected chi connectivity index (χ2v) is 4.16. The predicted octanol–water partition coefficient (Wildman–Crippen LogP) is 2.53. The third-order valence-electron chi connectivity index (χ3n) is 3.38. The van der Waals surface area contributed by atoms with Gasteiger partial charge in [-0.1, -0.05) is 18.2 Å². The normalized spacial score (nSPS) is 35.7. The summed E-state index contributed by atoms with van der Waals surface area (Å²) < 4.78 is 0. The molecule has 0 aromatic rings. The van der Waals surface area contributed by atoms with Gasteiger partial charge >= 0.3 is 0 Å². The van der Waals surface area contributed by atoms with Crippen LogP contribution in [0.4, 0.5) is 0 Å². The van der Waals surface area contributed by atoms with E-state index in [0.29, 0.717) is 12.0 Å². The van der Waals surface area contributed by atoms with Gasteiger partial charge in [0, 0.05) is 17.7 Å². The Morgan fingerprint density at radius 1 is 1.23 bits per heavy atom. The predicted molar refractivity (Wildman–Crippen MR) is 54.2 cm³/mol. The Morgan fingerprint density at radius 3 is 3.23 bits per heavy atom. The maximum atomic E-state index is 3.64. The van der Waals surface area contributed by atoms with Crippen LogP contribution in [0.15, 0.2) is 35.6 Å². The highest BCUT2D eigenvalue weighted by Gasteiger charge is 2.32. The quantitative estimate of drug-likeness (QED) is 0.555. The van der Waals surface area contributed by atoms with Gasteiger partial charge in [0.15, 0.2) is 0 Å². The molecule has 68 valence electrons. The van der Waals surface area contributed by atoms with Crippen molar-refractivity contribution in [2.75, 3.05) is 0 Å². The van der Waals surface area contributed by atoms with Crippen LogP contribution in [0, 0.1) is 5.92 Å². The summed E-state index contributed by atoms with van der Waals surface area (Å²) in [6, 6.07) is 0.706. The summed E-state index contributed by atoms with van der Waals surface area (Å²) in [5.41, 5.74) is 3.08. The van der Waals surface area contributed by atoms with E-state index >= 15 is 0 Å². The first kappa shape index (κ1) is 7.43. The van der Waals surface area contributed by atoms with Crippen molar-refractivity contribution in [1.82, 2.24) is 5.32 Å². The minimum absolute atomic E-state index is 0.706. The number of fused-ring (bicyclic) bond motifs is 2. The van der Waals surface area contributed by atoms with Gasteiger partial charge in [-0.05, 0) is 37.3 Å². The SMILES string of the molecule is C1=CC2=C(CC1)C1C=CCCC1N2. The van der Waals surface area contributed by atoms with Crippen LogP contribution in [-0.4, -0.2) is 6.04 Å². The zero-order valence-corrected chi connectivity index (χ0v) is 7.79. The van der Waals surface area contributed by atoms with Crippen LogP contribution in [0.25, 0.3) is 0 Å². The molecule has 0 saturated heterocycles. The van der Waals surface area contributed by atoms with Crippen molar-refractivity contribution in [3.63, 3.8) is 0 Å². The third-order valence-corrected chi connectivity index (χ3v) is 3.38. The molecule has 3 rings (SSSR count). The van der Waals surface area contributed by atoms with Crippen molar-refractivity contribution in [3.05, 3.63) is 35.6 Å². The zero-order chi connectivity index (χ0) is 8.67. The van der Waals surface area contributed by atoms with Crippen molar-refractivity contribution in [2.45, 2.75) is 31.7 Å². The average molecular weight is 173 g/mol. The molecule has 1 heterocycles. The summed E-state index contributed by atoms with van der Waals surface area (Å²) in [6.07, 6.45) is 14.4. The van der Waals surface area contributed by atoms with E-state index < -0.39 is 0 Å². The lowest BCUT2D eigenvalue weighted by atomic mass is 9.84.